The summed E-state index contributed by atoms with van der Waals surface area (Å²) in [6.45, 7) is 2.38. The zero-order valence-electron chi connectivity index (χ0n) is 42.7. The van der Waals surface area contributed by atoms with Gasteiger partial charge in [0, 0.05) is 32.2 Å². The predicted octanol–water partition coefficient (Wildman–Crippen LogP) is -4.78. The van der Waals surface area contributed by atoms with E-state index in [2.05, 4.69) is 37.2 Å². The standard InChI is InChI=1S/C49H70N10O18/c1-24(2)19-32(44(71)58-40(25(3)62)49(76)77)54-47(74)37-5-4-18-59(37)48(75)34(21-27-8-12-29(64)13-9-27)55-45(72)35(22-60)57-46(73)36(23-61)56-43(70)33(20-26-6-10-28(63)11-7-26)53-42(69)31(15-16-38(51)65)52-41(68)30(50)14-17-39(66)67/h6-13,24-25,30-37,40,60-64H,4-5,14-23,50H2,1-3H3,(H2,51,65)(H,52,68)(H,53,69)(H,54,74)(H,55,72)(H,56,70)(H,57,73)(H,58,71)(H,66,67)(H,76,77)/t25-,30+,31+,32+,33+,34+,35+,36+,37+,40+/m1/s1. The Balaban J connectivity index is 1.87. The van der Waals surface area contributed by atoms with Gasteiger partial charge in [0.2, 0.25) is 53.2 Å². The molecule has 1 saturated heterocycles. The summed E-state index contributed by atoms with van der Waals surface area (Å²) in [6.07, 6.45) is -3.37. The van der Waals surface area contributed by atoms with Crippen LogP contribution in [0.2, 0.25) is 0 Å². The summed E-state index contributed by atoms with van der Waals surface area (Å²) in [5.41, 5.74) is 11.8. The smallest absolute Gasteiger partial charge is 0.328 e. The SMILES string of the molecule is CC(C)C[C@H](NC(=O)[C@@H]1CCCN1C(=O)[C@H](Cc1ccc(O)cc1)NC(=O)[C@H](CO)NC(=O)[C@H](CO)NC(=O)[C@H](Cc1ccc(O)cc1)NC(=O)[C@H](CCC(N)=O)NC(=O)[C@@H](N)CCC(=O)O)C(=O)N[C@H](C(=O)O)[C@@H](C)O. The number of carbonyl (C=O) groups is 11. The van der Waals surface area contributed by atoms with Crippen LogP contribution in [0.4, 0.5) is 0 Å². The molecule has 2 aromatic carbocycles. The lowest BCUT2D eigenvalue weighted by molar-refractivity contribution is -0.146. The highest BCUT2D eigenvalue weighted by Crippen LogP contribution is 2.22. The Hall–Kier alpha value is -7.95. The molecular formula is C49H70N10O18. The van der Waals surface area contributed by atoms with Gasteiger partial charge in [0.1, 0.15) is 53.8 Å². The van der Waals surface area contributed by atoms with Crippen LogP contribution in [0.3, 0.4) is 0 Å². The number of phenolic OH excluding ortho intramolecular Hbond substituents is 2. The Labute approximate surface area is 442 Å². The number of nitrogens with two attached hydrogens (primary N) is 2. The molecule has 0 aliphatic carbocycles. The number of hydrogen-bond donors (Lipinski definition) is 16. The molecule has 0 aromatic heterocycles. The van der Waals surface area contributed by atoms with Crippen molar-refractivity contribution in [2.45, 2.75) is 139 Å². The van der Waals surface area contributed by atoms with E-state index in [9.17, 15) is 83.4 Å². The molecule has 0 saturated carbocycles. The normalized spacial score (nSPS) is 16.6. The molecule has 18 N–H and O–H groups in total. The van der Waals surface area contributed by atoms with E-state index in [1.165, 1.54) is 48.5 Å². The number of aromatic hydroxyl groups is 2. The summed E-state index contributed by atoms with van der Waals surface area (Å²) >= 11 is 0. The number of phenols is 2. The molecule has 28 heteroatoms. The van der Waals surface area contributed by atoms with Crippen LogP contribution in [-0.2, 0) is 65.6 Å². The summed E-state index contributed by atoms with van der Waals surface area (Å²) < 4.78 is 0. The van der Waals surface area contributed by atoms with Crippen LogP contribution in [-0.4, -0.2) is 186 Å². The zero-order chi connectivity index (χ0) is 57.7. The number of carboxylic acid groups (broad SMARTS) is 2. The van der Waals surface area contributed by atoms with Crippen LogP contribution < -0.4 is 48.7 Å². The van der Waals surface area contributed by atoms with Crippen molar-refractivity contribution in [1.29, 1.82) is 0 Å². The number of hydrogen-bond acceptors (Lipinski definition) is 17. The molecule has 77 heavy (non-hydrogen) atoms. The molecular weight excluding hydrogens is 1020 g/mol. The van der Waals surface area contributed by atoms with E-state index in [0.29, 0.717) is 11.1 Å². The van der Waals surface area contributed by atoms with Crippen molar-refractivity contribution in [2.75, 3.05) is 19.8 Å². The van der Waals surface area contributed by atoms with Gasteiger partial charge in [-0.25, -0.2) is 4.79 Å². The van der Waals surface area contributed by atoms with Crippen LogP contribution in [0, 0.1) is 5.92 Å². The highest BCUT2D eigenvalue weighted by molar-refractivity contribution is 5.98. The largest absolute Gasteiger partial charge is 0.508 e. The van der Waals surface area contributed by atoms with Gasteiger partial charge in [-0.1, -0.05) is 38.1 Å². The van der Waals surface area contributed by atoms with Crippen molar-refractivity contribution in [3.05, 3.63) is 59.7 Å². The second kappa shape index (κ2) is 30.6. The molecule has 0 bridgehead atoms. The summed E-state index contributed by atoms with van der Waals surface area (Å²) in [5.74, 6) is -12.2. The molecule has 1 fully saturated rings. The summed E-state index contributed by atoms with van der Waals surface area (Å²) in [4.78, 5) is 145. The van der Waals surface area contributed by atoms with Crippen LogP contribution in [0.5, 0.6) is 11.5 Å². The highest BCUT2D eigenvalue weighted by Gasteiger charge is 2.41. The molecule has 1 aliphatic rings. The number of carboxylic acids is 2. The summed E-state index contributed by atoms with van der Waals surface area (Å²) in [6, 6.07) is -3.32. The van der Waals surface area contributed by atoms with Crippen molar-refractivity contribution in [1.82, 2.24) is 42.1 Å². The first kappa shape index (κ1) is 63.3. The third-order valence-electron chi connectivity index (χ3n) is 12.2. The fourth-order valence-electron chi connectivity index (χ4n) is 7.98. The topological polar surface area (TPSA) is 469 Å². The number of aliphatic hydroxyl groups is 3. The van der Waals surface area contributed by atoms with Crippen molar-refractivity contribution in [3.63, 3.8) is 0 Å². The molecule has 1 aliphatic heterocycles. The molecule has 2 aromatic rings. The maximum absolute atomic E-state index is 14.5. The Kier molecular flexibility index (Phi) is 25.1. The lowest BCUT2D eigenvalue weighted by atomic mass is 10.0. The molecule has 1 heterocycles. The highest BCUT2D eigenvalue weighted by atomic mass is 16.4. The first-order valence-corrected chi connectivity index (χ1v) is 24.6. The average molecular weight is 1090 g/mol. The van der Waals surface area contributed by atoms with Crippen LogP contribution >= 0.6 is 0 Å². The molecule has 3 rings (SSSR count). The van der Waals surface area contributed by atoms with Gasteiger partial charge >= 0.3 is 11.9 Å². The third-order valence-corrected chi connectivity index (χ3v) is 12.2. The first-order chi connectivity index (χ1) is 36.2. The second-order valence-electron chi connectivity index (χ2n) is 18.9. The van der Waals surface area contributed by atoms with Gasteiger partial charge in [0.05, 0.1) is 25.4 Å². The monoisotopic (exact) mass is 1090 g/mol. The molecule has 0 spiro atoms. The van der Waals surface area contributed by atoms with Crippen LogP contribution in [0.1, 0.15) is 76.8 Å². The number of primary amides is 1. The Morgan fingerprint density at radius 1 is 0.597 bits per heavy atom. The van der Waals surface area contributed by atoms with E-state index >= 15 is 0 Å². The van der Waals surface area contributed by atoms with Crippen molar-refractivity contribution in [3.8, 4) is 11.5 Å². The van der Waals surface area contributed by atoms with Gasteiger partial charge in [-0.2, -0.15) is 0 Å². The fourth-order valence-corrected chi connectivity index (χ4v) is 7.98. The predicted molar refractivity (Wildman–Crippen MR) is 268 cm³/mol. The van der Waals surface area contributed by atoms with Crippen molar-refractivity contribution >= 4 is 65.1 Å². The minimum Gasteiger partial charge on any atom is -0.508 e. The minimum atomic E-state index is -1.90. The van der Waals surface area contributed by atoms with Crippen LogP contribution in [0.15, 0.2) is 48.5 Å². The number of rotatable bonds is 31. The maximum Gasteiger partial charge on any atom is 0.328 e. The second-order valence-corrected chi connectivity index (χ2v) is 18.9. The Morgan fingerprint density at radius 3 is 1.52 bits per heavy atom. The molecule has 0 unspecified atom stereocenters. The number of likely N-dealkylation sites (tertiary alicyclic amines) is 1. The van der Waals surface area contributed by atoms with E-state index < -0.39 is 158 Å². The quantitative estimate of drug-likeness (QED) is 0.0337. The summed E-state index contributed by atoms with van der Waals surface area (Å²) in [5, 5.41) is 85.4. The lowest BCUT2D eigenvalue weighted by Gasteiger charge is -2.31. The van der Waals surface area contributed by atoms with Gasteiger partial charge < -0.3 is 89.3 Å². The molecule has 424 valence electrons. The molecule has 0 radical (unpaired) electrons. The van der Waals surface area contributed by atoms with Gasteiger partial charge in [-0.15, -0.1) is 0 Å². The van der Waals surface area contributed by atoms with E-state index in [-0.39, 0.29) is 62.5 Å². The number of nitrogens with one attached hydrogen (secondary N) is 7. The number of carbonyl (C=O) groups excluding carboxylic acids is 9. The van der Waals surface area contributed by atoms with Gasteiger partial charge in [-0.05, 0) is 80.3 Å². The first-order valence-electron chi connectivity index (χ1n) is 24.6. The zero-order valence-corrected chi connectivity index (χ0v) is 42.7. The fraction of sp³-hybridized carbons (Fsp3) is 0.531. The van der Waals surface area contributed by atoms with E-state index in [4.69, 9.17) is 16.6 Å². The van der Waals surface area contributed by atoms with Crippen molar-refractivity contribution < 1.29 is 88.5 Å². The maximum atomic E-state index is 14.5. The number of amides is 9. The van der Waals surface area contributed by atoms with Crippen LogP contribution in [0.25, 0.3) is 0 Å². The number of nitrogens with zero attached hydrogens (tertiary/aromatic N) is 1. The Morgan fingerprint density at radius 2 is 1.05 bits per heavy atom. The third kappa shape index (κ3) is 20.6. The van der Waals surface area contributed by atoms with Gasteiger partial charge in [0.15, 0.2) is 6.04 Å². The molecule has 9 amide bonds. The summed E-state index contributed by atoms with van der Waals surface area (Å²) in [7, 11) is 0. The number of aliphatic carboxylic acids is 2. The van der Waals surface area contributed by atoms with Gasteiger partial charge in [-0.3, -0.25) is 47.9 Å². The lowest BCUT2D eigenvalue weighted by Crippen LogP contribution is -2.61. The average Bonchev–Trinajstić information content (AvgIpc) is 3.87. The van der Waals surface area contributed by atoms with E-state index in [1.807, 2.05) is 0 Å². The molecule has 10 atom stereocenters. The van der Waals surface area contributed by atoms with E-state index in [0.717, 1.165) is 11.8 Å². The van der Waals surface area contributed by atoms with Crippen molar-refractivity contribution in [2.24, 2.45) is 17.4 Å². The number of benzene rings is 2. The van der Waals surface area contributed by atoms with E-state index in [1.54, 1.807) is 13.8 Å². The Bertz CT molecular complexity index is 2410. The van der Waals surface area contributed by atoms with Gasteiger partial charge in [0.25, 0.3) is 0 Å². The minimum absolute atomic E-state index is 0.0132. The molecule has 28 nitrogen and oxygen atoms in total. The number of aliphatic hydroxyl groups excluding tert-OH is 3.